The largest absolute Gasteiger partial charge is 0.241 e. The minimum atomic E-state index is -3.56. The Bertz CT molecular complexity index is 1050. The third-order valence-electron chi connectivity index (χ3n) is 4.31. The van der Waals surface area contributed by atoms with Gasteiger partial charge in [-0.25, -0.2) is 18.1 Å². The van der Waals surface area contributed by atoms with E-state index in [-0.39, 0.29) is 6.54 Å². The molecule has 4 nitrogen and oxygen atoms in total. The van der Waals surface area contributed by atoms with Crippen LogP contribution in [0.1, 0.15) is 27.3 Å². The Balaban J connectivity index is 1.83. The summed E-state index contributed by atoms with van der Waals surface area (Å²) >= 11 is 1.53. The van der Waals surface area contributed by atoms with Crippen molar-refractivity contribution in [1.29, 1.82) is 0 Å². The minimum absolute atomic E-state index is 0.241. The Morgan fingerprint density at radius 3 is 2.42 bits per heavy atom. The van der Waals surface area contributed by atoms with Crippen LogP contribution < -0.4 is 4.72 Å². The lowest BCUT2D eigenvalue weighted by molar-refractivity contribution is 0.581. The van der Waals surface area contributed by atoms with Gasteiger partial charge >= 0.3 is 0 Å². The van der Waals surface area contributed by atoms with E-state index in [1.54, 1.807) is 6.07 Å². The summed E-state index contributed by atoms with van der Waals surface area (Å²) in [6.45, 7) is 7.97. The molecule has 0 radical (unpaired) electrons. The number of aryl methyl sites for hydroxylation is 4. The van der Waals surface area contributed by atoms with Gasteiger partial charge in [-0.1, -0.05) is 42.0 Å². The van der Waals surface area contributed by atoms with Crippen LogP contribution in [-0.4, -0.2) is 13.4 Å². The molecule has 2 aromatic carbocycles. The Morgan fingerprint density at radius 2 is 1.73 bits per heavy atom. The highest BCUT2D eigenvalue weighted by atomic mass is 32.2. The first-order valence-corrected chi connectivity index (χ1v) is 10.7. The molecule has 0 saturated heterocycles. The predicted octanol–water partition coefficient (Wildman–Crippen LogP) is 4.52. The smallest absolute Gasteiger partial charge is 0.241 e. The molecule has 0 amide bonds. The number of hydrogen-bond acceptors (Lipinski definition) is 4. The molecule has 6 heteroatoms. The van der Waals surface area contributed by atoms with Gasteiger partial charge in [-0.05, 0) is 44.9 Å². The maximum absolute atomic E-state index is 12.7. The van der Waals surface area contributed by atoms with Crippen molar-refractivity contribution in [2.75, 3.05) is 0 Å². The van der Waals surface area contributed by atoms with Gasteiger partial charge in [0.05, 0.1) is 10.6 Å². The molecule has 3 aromatic rings. The van der Waals surface area contributed by atoms with Crippen molar-refractivity contribution in [1.82, 2.24) is 9.71 Å². The van der Waals surface area contributed by atoms with Crippen LogP contribution >= 0.6 is 11.3 Å². The highest BCUT2D eigenvalue weighted by Crippen LogP contribution is 2.30. The van der Waals surface area contributed by atoms with E-state index in [2.05, 4.69) is 22.7 Å². The molecule has 0 unspecified atom stereocenters. The molecule has 0 aliphatic heterocycles. The molecule has 1 heterocycles. The number of aromatic nitrogens is 1. The standard InChI is InChI=1S/C20H22N2O2S2/c1-13-9-10-19(15(3)11-13)26(23,24)21-12-18-16(4)22-20(25-18)17-8-6-5-7-14(17)2/h5-11,21H,12H2,1-4H3. The van der Waals surface area contributed by atoms with Gasteiger partial charge < -0.3 is 0 Å². The third kappa shape index (κ3) is 3.87. The molecule has 0 saturated carbocycles. The van der Waals surface area contributed by atoms with Gasteiger partial charge in [-0.15, -0.1) is 11.3 Å². The fourth-order valence-corrected chi connectivity index (χ4v) is 5.26. The highest BCUT2D eigenvalue weighted by Gasteiger charge is 2.18. The van der Waals surface area contributed by atoms with E-state index in [0.29, 0.717) is 4.90 Å². The van der Waals surface area contributed by atoms with Crippen LogP contribution in [-0.2, 0) is 16.6 Å². The van der Waals surface area contributed by atoms with Crippen LogP contribution in [0.5, 0.6) is 0 Å². The van der Waals surface area contributed by atoms with E-state index in [1.807, 2.05) is 51.1 Å². The summed E-state index contributed by atoms with van der Waals surface area (Å²) < 4.78 is 28.0. The lowest BCUT2D eigenvalue weighted by Crippen LogP contribution is -2.24. The molecule has 1 aromatic heterocycles. The van der Waals surface area contributed by atoms with Crippen molar-refractivity contribution in [3.8, 4) is 10.6 Å². The van der Waals surface area contributed by atoms with Gasteiger partial charge in [0.2, 0.25) is 10.0 Å². The quantitative estimate of drug-likeness (QED) is 0.701. The van der Waals surface area contributed by atoms with Crippen LogP contribution in [0.2, 0.25) is 0 Å². The van der Waals surface area contributed by atoms with Crippen molar-refractivity contribution < 1.29 is 8.42 Å². The van der Waals surface area contributed by atoms with Crippen LogP contribution in [0.15, 0.2) is 47.4 Å². The molecular formula is C20H22N2O2S2. The predicted molar refractivity (Wildman–Crippen MR) is 107 cm³/mol. The highest BCUT2D eigenvalue weighted by molar-refractivity contribution is 7.89. The molecule has 26 heavy (non-hydrogen) atoms. The maximum Gasteiger partial charge on any atom is 0.241 e. The van der Waals surface area contributed by atoms with Gasteiger partial charge in [0.25, 0.3) is 0 Å². The average Bonchev–Trinajstić information content (AvgIpc) is 2.94. The van der Waals surface area contributed by atoms with Gasteiger partial charge in [-0.2, -0.15) is 0 Å². The molecule has 1 N–H and O–H groups in total. The van der Waals surface area contributed by atoms with Crippen molar-refractivity contribution in [3.63, 3.8) is 0 Å². The number of benzene rings is 2. The molecule has 3 rings (SSSR count). The summed E-state index contributed by atoms with van der Waals surface area (Å²) in [6.07, 6.45) is 0. The van der Waals surface area contributed by atoms with E-state index >= 15 is 0 Å². The number of hydrogen-bond donors (Lipinski definition) is 1. The Kier molecular flexibility index (Phi) is 5.27. The van der Waals surface area contributed by atoms with Crippen LogP contribution in [0.4, 0.5) is 0 Å². The van der Waals surface area contributed by atoms with Crippen LogP contribution in [0, 0.1) is 27.7 Å². The fourth-order valence-electron chi connectivity index (χ4n) is 2.86. The third-order valence-corrected chi connectivity index (χ3v) is 7.06. The number of nitrogens with zero attached hydrogens (tertiary/aromatic N) is 1. The molecule has 0 aliphatic rings. The van der Waals surface area contributed by atoms with Crippen molar-refractivity contribution >= 4 is 21.4 Å². The lowest BCUT2D eigenvalue weighted by Gasteiger charge is -2.09. The molecule has 136 valence electrons. The van der Waals surface area contributed by atoms with E-state index in [1.165, 1.54) is 11.3 Å². The zero-order valence-electron chi connectivity index (χ0n) is 15.3. The number of rotatable bonds is 5. The first kappa shape index (κ1) is 18.8. The summed E-state index contributed by atoms with van der Waals surface area (Å²) in [5.74, 6) is 0. The first-order valence-electron chi connectivity index (χ1n) is 8.37. The average molecular weight is 387 g/mol. The lowest BCUT2D eigenvalue weighted by atomic mass is 10.1. The maximum atomic E-state index is 12.7. The molecule has 0 fully saturated rings. The van der Waals surface area contributed by atoms with Crippen molar-refractivity contribution in [2.24, 2.45) is 0 Å². The number of sulfonamides is 1. The molecule has 0 aliphatic carbocycles. The summed E-state index contributed by atoms with van der Waals surface area (Å²) in [6, 6.07) is 13.4. The van der Waals surface area contributed by atoms with E-state index < -0.39 is 10.0 Å². The molecular weight excluding hydrogens is 364 g/mol. The Labute approximate surface area is 159 Å². The molecule has 0 atom stereocenters. The van der Waals surface area contributed by atoms with Gasteiger partial charge in [-0.3, -0.25) is 0 Å². The van der Waals surface area contributed by atoms with E-state index in [4.69, 9.17) is 0 Å². The van der Waals surface area contributed by atoms with Gasteiger partial charge in [0.15, 0.2) is 0 Å². The monoisotopic (exact) mass is 386 g/mol. The van der Waals surface area contributed by atoms with Crippen LogP contribution in [0.3, 0.4) is 0 Å². The second-order valence-electron chi connectivity index (χ2n) is 6.44. The van der Waals surface area contributed by atoms with E-state index in [0.717, 1.165) is 37.8 Å². The summed E-state index contributed by atoms with van der Waals surface area (Å²) in [5, 5.41) is 0.918. The molecule has 0 spiro atoms. The van der Waals surface area contributed by atoms with E-state index in [9.17, 15) is 8.42 Å². The Hall–Kier alpha value is -2.02. The number of thiazole rings is 1. The second kappa shape index (κ2) is 7.31. The first-order chi connectivity index (χ1) is 12.3. The zero-order chi connectivity index (χ0) is 18.9. The second-order valence-corrected chi connectivity index (χ2v) is 9.26. The molecule has 0 bridgehead atoms. The summed E-state index contributed by atoms with van der Waals surface area (Å²) in [5.41, 5.74) is 4.89. The van der Waals surface area contributed by atoms with Gasteiger partial charge in [0, 0.05) is 17.0 Å². The normalized spacial score (nSPS) is 11.7. The Morgan fingerprint density at radius 1 is 1.00 bits per heavy atom. The van der Waals surface area contributed by atoms with Crippen molar-refractivity contribution in [2.45, 2.75) is 39.1 Å². The fraction of sp³-hybridized carbons (Fsp3) is 0.250. The minimum Gasteiger partial charge on any atom is -0.241 e. The van der Waals surface area contributed by atoms with Crippen LogP contribution in [0.25, 0.3) is 10.6 Å². The number of nitrogens with one attached hydrogen (secondary N) is 1. The summed E-state index contributed by atoms with van der Waals surface area (Å²) in [4.78, 5) is 5.88. The topological polar surface area (TPSA) is 59.1 Å². The van der Waals surface area contributed by atoms with Crippen molar-refractivity contribution in [3.05, 3.63) is 69.7 Å². The van der Waals surface area contributed by atoms with Gasteiger partial charge in [0.1, 0.15) is 5.01 Å². The zero-order valence-corrected chi connectivity index (χ0v) is 17.0. The summed E-state index contributed by atoms with van der Waals surface area (Å²) in [7, 11) is -3.56. The SMILES string of the molecule is Cc1ccc(S(=O)(=O)NCc2sc(-c3ccccc3C)nc2C)c(C)c1.